The molecule has 0 aliphatic carbocycles. The lowest BCUT2D eigenvalue weighted by atomic mass is 9.90. The van der Waals surface area contributed by atoms with Crippen LogP contribution in [-0.4, -0.2) is 66.3 Å². The number of ether oxygens (including phenoxy) is 2. The van der Waals surface area contributed by atoms with E-state index in [1.54, 1.807) is 23.4 Å². The van der Waals surface area contributed by atoms with E-state index >= 15 is 0 Å². The van der Waals surface area contributed by atoms with Crippen LogP contribution < -0.4 is 10.1 Å². The molecule has 0 spiro atoms. The van der Waals surface area contributed by atoms with Gasteiger partial charge in [-0.1, -0.05) is 0 Å². The Morgan fingerprint density at radius 3 is 2.74 bits per heavy atom. The van der Waals surface area contributed by atoms with Gasteiger partial charge < -0.3 is 24.8 Å². The normalized spacial score (nSPS) is 20.3. The third kappa shape index (κ3) is 5.83. The number of carbonyl (C=O) groups is 2. The topological polar surface area (TPSA) is 140 Å². The molecule has 200 valence electrons. The summed E-state index contributed by atoms with van der Waals surface area (Å²) in [5.41, 5.74) is 0.739. The number of amides is 1. The van der Waals surface area contributed by atoms with Crippen LogP contribution in [-0.2, 0) is 9.53 Å². The molecule has 3 aromatic heterocycles. The summed E-state index contributed by atoms with van der Waals surface area (Å²) >= 11 is 2.72. The van der Waals surface area contributed by atoms with Gasteiger partial charge in [0, 0.05) is 52.6 Å². The van der Waals surface area contributed by atoms with Crippen LogP contribution in [0.3, 0.4) is 0 Å². The first kappa shape index (κ1) is 26.2. The summed E-state index contributed by atoms with van der Waals surface area (Å²) in [6, 6.07) is 5.57. The Morgan fingerprint density at radius 1 is 1.24 bits per heavy atom. The van der Waals surface area contributed by atoms with Crippen molar-refractivity contribution in [3.05, 3.63) is 42.1 Å². The van der Waals surface area contributed by atoms with E-state index in [2.05, 4.69) is 19.7 Å². The molecule has 5 rings (SSSR count). The summed E-state index contributed by atoms with van der Waals surface area (Å²) < 4.78 is 15.5. The third-order valence-electron chi connectivity index (χ3n) is 6.79. The fourth-order valence-electron chi connectivity index (χ4n) is 4.98. The van der Waals surface area contributed by atoms with E-state index in [0.29, 0.717) is 34.6 Å². The lowest BCUT2D eigenvalue weighted by Crippen LogP contribution is -2.45. The summed E-state index contributed by atoms with van der Waals surface area (Å²) in [7, 11) is 1.37. The number of piperidine rings is 1. The molecule has 3 aromatic rings. The number of hydrogen-bond acceptors (Lipinski definition) is 11. The zero-order valence-corrected chi connectivity index (χ0v) is 22.6. The largest absolute Gasteiger partial charge is 0.469 e. The summed E-state index contributed by atoms with van der Waals surface area (Å²) in [5, 5.41) is 13.4. The standard InChI is InChI=1S/C25H28N6O5S2/c1-14-19(4-3-8-26-14)36-20-12-18(37-9-7-21(32)35-2)13-27-23(20)29-24-28-22(30-38-24)15-10-16-5-6-17(11-15)31(16)25(33)34/h3-4,8,12-13,15-17H,5-7,9-11H2,1-2H3,(H,33,34)(H,27,28,29,30). The molecule has 0 radical (unpaired) electrons. The van der Waals surface area contributed by atoms with Crippen LogP contribution >= 0.6 is 23.3 Å². The molecule has 0 saturated carbocycles. The molecule has 2 N–H and O–H groups in total. The lowest BCUT2D eigenvalue weighted by molar-refractivity contribution is -0.140. The van der Waals surface area contributed by atoms with Gasteiger partial charge in [0.2, 0.25) is 5.13 Å². The highest BCUT2D eigenvalue weighted by atomic mass is 32.2. The van der Waals surface area contributed by atoms with E-state index in [0.717, 1.165) is 42.1 Å². The van der Waals surface area contributed by atoms with Crippen molar-refractivity contribution in [2.24, 2.45) is 0 Å². The fraction of sp³-hybridized carbons (Fsp3) is 0.440. The van der Waals surface area contributed by atoms with Gasteiger partial charge in [-0.3, -0.25) is 9.78 Å². The fourth-order valence-corrected chi connectivity index (χ4v) is 6.45. The highest BCUT2D eigenvalue weighted by Gasteiger charge is 2.44. The van der Waals surface area contributed by atoms with Crippen molar-refractivity contribution >= 4 is 46.3 Å². The minimum absolute atomic E-state index is 0.0322. The summed E-state index contributed by atoms with van der Waals surface area (Å²) in [6.07, 6.45) is 6.14. The number of fused-ring (bicyclic) bond motifs is 2. The van der Waals surface area contributed by atoms with Gasteiger partial charge in [0.25, 0.3) is 0 Å². The number of carboxylic acid groups (broad SMARTS) is 1. The number of pyridine rings is 2. The highest BCUT2D eigenvalue weighted by Crippen LogP contribution is 2.43. The van der Waals surface area contributed by atoms with E-state index in [9.17, 15) is 14.7 Å². The molecule has 13 heteroatoms. The van der Waals surface area contributed by atoms with Crippen molar-refractivity contribution < 1.29 is 24.2 Å². The van der Waals surface area contributed by atoms with Crippen LogP contribution in [0.1, 0.15) is 49.5 Å². The smallest absolute Gasteiger partial charge is 0.407 e. The number of aromatic nitrogens is 4. The summed E-state index contributed by atoms with van der Waals surface area (Å²) in [5.74, 6) is 2.73. The van der Waals surface area contributed by atoms with Crippen molar-refractivity contribution in [1.82, 2.24) is 24.2 Å². The lowest BCUT2D eigenvalue weighted by Gasteiger charge is -2.36. The Bertz CT molecular complexity index is 1310. The number of carbonyl (C=O) groups excluding carboxylic acids is 1. The molecule has 5 heterocycles. The molecule has 0 aromatic carbocycles. The Morgan fingerprint density at radius 2 is 2.03 bits per heavy atom. The SMILES string of the molecule is COC(=O)CCSc1cnc(Nc2nc(C3CC4CCC(C3)N4C(=O)O)ns2)c(Oc2cccnc2C)c1. The van der Waals surface area contributed by atoms with Crippen LogP contribution in [0.25, 0.3) is 0 Å². The molecule has 2 atom stereocenters. The van der Waals surface area contributed by atoms with Gasteiger partial charge in [-0.05, 0) is 50.8 Å². The summed E-state index contributed by atoms with van der Waals surface area (Å²) in [6.45, 7) is 1.87. The highest BCUT2D eigenvalue weighted by molar-refractivity contribution is 7.99. The van der Waals surface area contributed by atoms with Gasteiger partial charge in [0.05, 0.1) is 19.2 Å². The van der Waals surface area contributed by atoms with Crippen LogP contribution in [0.2, 0.25) is 0 Å². The third-order valence-corrected chi connectivity index (χ3v) is 8.40. The maximum atomic E-state index is 11.6. The molecule has 2 aliphatic rings. The predicted molar refractivity (Wildman–Crippen MR) is 142 cm³/mol. The monoisotopic (exact) mass is 556 g/mol. The number of hydrogen-bond donors (Lipinski definition) is 2. The first-order valence-electron chi connectivity index (χ1n) is 12.3. The quantitative estimate of drug-likeness (QED) is 0.265. The molecule has 2 fully saturated rings. The Balaban J connectivity index is 1.32. The number of nitrogens with zero attached hydrogens (tertiary/aromatic N) is 5. The van der Waals surface area contributed by atoms with Gasteiger partial charge in [0.1, 0.15) is 11.6 Å². The number of anilines is 2. The molecular weight excluding hydrogens is 528 g/mol. The van der Waals surface area contributed by atoms with Crippen molar-refractivity contribution in [3.63, 3.8) is 0 Å². The number of methoxy groups -OCH3 is 1. The minimum Gasteiger partial charge on any atom is -0.469 e. The molecule has 2 unspecified atom stereocenters. The number of rotatable bonds is 9. The second kappa shape index (κ2) is 11.5. The van der Waals surface area contributed by atoms with Crippen molar-refractivity contribution in [2.45, 2.75) is 61.9 Å². The Labute approximate surface area is 228 Å². The summed E-state index contributed by atoms with van der Waals surface area (Å²) in [4.78, 5) is 39.1. The van der Waals surface area contributed by atoms with Crippen LogP contribution in [0.15, 0.2) is 35.5 Å². The second-order valence-corrected chi connectivity index (χ2v) is 11.1. The maximum absolute atomic E-state index is 11.6. The molecule has 1 amide bonds. The molecule has 2 saturated heterocycles. The van der Waals surface area contributed by atoms with Gasteiger partial charge >= 0.3 is 12.1 Å². The zero-order valence-electron chi connectivity index (χ0n) is 21.0. The first-order valence-corrected chi connectivity index (χ1v) is 14.1. The van der Waals surface area contributed by atoms with E-state index in [1.807, 2.05) is 19.1 Å². The molecule has 11 nitrogen and oxygen atoms in total. The van der Waals surface area contributed by atoms with Crippen LogP contribution in [0.5, 0.6) is 11.5 Å². The van der Waals surface area contributed by atoms with Gasteiger partial charge in [-0.25, -0.2) is 14.8 Å². The zero-order chi connectivity index (χ0) is 26.6. The Hall–Kier alpha value is -3.45. The number of esters is 1. The van der Waals surface area contributed by atoms with Crippen LogP contribution in [0, 0.1) is 6.92 Å². The number of thioether (sulfide) groups is 1. The molecule has 2 aliphatic heterocycles. The van der Waals surface area contributed by atoms with E-state index in [-0.39, 0.29) is 24.0 Å². The van der Waals surface area contributed by atoms with Gasteiger partial charge in [-0.2, -0.15) is 4.37 Å². The van der Waals surface area contributed by atoms with Crippen molar-refractivity contribution in [1.29, 1.82) is 0 Å². The predicted octanol–water partition coefficient (Wildman–Crippen LogP) is 5.22. The minimum atomic E-state index is -0.834. The van der Waals surface area contributed by atoms with Crippen molar-refractivity contribution in [3.8, 4) is 11.5 Å². The average Bonchev–Trinajstić information content (AvgIpc) is 3.48. The number of nitrogens with one attached hydrogen (secondary N) is 1. The first-order chi connectivity index (χ1) is 18.4. The molecular formula is C25H28N6O5S2. The second-order valence-electron chi connectivity index (χ2n) is 9.21. The van der Waals surface area contributed by atoms with E-state index < -0.39 is 6.09 Å². The van der Waals surface area contributed by atoms with E-state index in [4.69, 9.17) is 14.5 Å². The van der Waals surface area contributed by atoms with Gasteiger partial charge in [-0.15, -0.1) is 11.8 Å². The maximum Gasteiger partial charge on any atom is 0.407 e. The van der Waals surface area contributed by atoms with Gasteiger partial charge in [0.15, 0.2) is 11.6 Å². The average molecular weight is 557 g/mol. The van der Waals surface area contributed by atoms with Crippen molar-refractivity contribution in [2.75, 3.05) is 18.2 Å². The van der Waals surface area contributed by atoms with E-state index in [1.165, 1.54) is 30.4 Å². The van der Waals surface area contributed by atoms with Crippen LogP contribution in [0.4, 0.5) is 15.7 Å². The number of aryl methyl sites for hydroxylation is 1. The molecule has 38 heavy (non-hydrogen) atoms. The Kier molecular flexibility index (Phi) is 7.93. The molecule has 2 bridgehead atoms.